The van der Waals surface area contributed by atoms with Crippen molar-refractivity contribution in [2.45, 2.75) is 40.2 Å². The number of ether oxygens (including phenoxy) is 1. The Morgan fingerprint density at radius 1 is 1.33 bits per heavy atom. The van der Waals surface area contributed by atoms with Gasteiger partial charge < -0.3 is 4.74 Å². The molecule has 1 fully saturated rings. The van der Waals surface area contributed by atoms with Crippen molar-refractivity contribution in [3.05, 3.63) is 35.9 Å². The number of benzene rings is 1. The monoisotopic (exact) mass is 289 g/mol. The zero-order valence-corrected chi connectivity index (χ0v) is 13.1. The summed E-state index contributed by atoms with van der Waals surface area (Å²) in [6.07, 6.45) is 0.117. The summed E-state index contributed by atoms with van der Waals surface area (Å²) in [4.78, 5) is 25.9. The number of imide groups is 1. The summed E-state index contributed by atoms with van der Waals surface area (Å²) in [6.45, 7) is 8.15. The molecular formula is C17H23NO3. The van der Waals surface area contributed by atoms with E-state index >= 15 is 0 Å². The largest absolute Gasteiger partial charge is 0.447 e. The first-order valence-electron chi connectivity index (χ1n) is 7.34. The lowest BCUT2D eigenvalue weighted by molar-refractivity contribution is -0.136. The average Bonchev–Trinajstić information content (AvgIpc) is 2.78. The first-order valence-corrected chi connectivity index (χ1v) is 7.34. The van der Waals surface area contributed by atoms with Crippen molar-refractivity contribution in [2.24, 2.45) is 11.3 Å². The molecule has 1 saturated heterocycles. The summed E-state index contributed by atoms with van der Waals surface area (Å²) < 4.78 is 5.10. The van der Waals surface area contributed by atoms with Crippen molar-refractivity contribution < 1.29 is 14.3 Å². The number of rotatable bonds is 3. The SMILES string of the molecule is C[C@@H](C(=O)N1C(=O)OC[C@H]1Cc1ccccc1)C(C)(C)C. The fourth-order valence-corrected chi connectivity index (χ4v) is 2.35. The summed E-state index contributed by atoms with van der Waals surface area (Å²) in [5, 5.41) is 0. The van der Waals surface area contributed by atoms with Crippen molar-refractivity contribution in [1.82, 2.24) is 4.90 Å². The lowest BCUT2D eigenvalue weighted by atomic mass is 9.81. The number of carbonyl (C=O) groups is 2. The molecule has 0 aromatic heterocycles. The van der Waals surface area contributed by atoms with E-state index in [2.05, 4.69) is 0 Å². The number of cyclic esters (lactones) is 1. The van der Waals surface area contributed by atoms with E-state index in [0.717, 1.165) is 5.56 Å². The molecule has 0 unspecified atom stereocenters. The Balaban J connectivity index is 2.15. The molecule has 2 atom stereocenters. The van der Waals surface area contributed by atoms with Crippen LogP contribution in [0.15, 0.2) is 30.3 Å². The molecule has 0 radical (unpaired) electrons. The lowest BCUT2D eigenvalue weighted by Crippen LogP contribution is -2.45. The van der Waals surface area contributed by atoms with E-state index < -0.39 is 6.09 Å². The summed E-state index contributed by atoms with van der Waals surface area (Å²) in [5.41, 5.74) is 0.916. The van der Waals surface area contributed by atoms with E-state index in [9.17, 15) is 9.59 Å². The number of carbonyl (C=O) groups excluding carboxylic acids is 2. The molecule has 4 nitrogen and oxygen atoms in total. The fraction of sp³-hybridized carbons (Fsp3) is 0.529. The minimum atomic E-state index is -0.517. The zero-order valence-electron chi connectivity index (χ0n) is 13.1. The Morgan fingerprint density at radius 3 is 2.52 bits per heavy atom. The van der Waals surface area contributed by atoms with Crippen LogP contribution in [0.3, 0.4) is 0 Å². The first kappa shape index (κ1) is 15.5. The molecule has 0 aliphatic carbocycles. The van der Waals surface area contributed by atoms with Gasteiger partial charge in [0.15, 0.2) is 0 Å². The number of hydrogen-bond donors (Lipinski definition) is 0. The van der Waals surface area contributed by atoms with Crippen LogP contribution >= 0.6 is 0 Å². The van der Waals surface area contributed by atoms with Gasteiger partial charge in [-0.3, -0.25) is 4.79 Å². The van der Waals surface area contributed by atoms with Gasteiger partial charge in [-0.1, -0.05) is 58.0 Å². The highest BCUT2D eigenvalue weighted by molar-refractivity contribution is 5.95. The summed E-state index contributed by atoms with van der Waals surface area (Å²) in [6, 6.07) is 9.65. The second-order valence-corrected chi connectivity index (χ2v) is 6.72. The normalized spacial score (nSPS) is 20.3. The van der Waals surface area contributed by atoms with Gasteiger partial charge in [0, 0.05) is 5.92 Å². The highest BCUT2D eigenvalue weighted by atomic mass is 16.6. The summed E-state index contributed by atoms with van der Waals surface area (Å²) >= 11 is 0. The Bertz CT molecular complexity index is 519. The van der Waals surface area contributed by atoms with Gasteiger partial charge in [0.25, 0.3) is 0 Å². The minimum Gasteiger partial charge on any atom is -0.447 e. The van der Waals surface area contributed by atoms with Crippen LogP contribution in [0.1, 0.15) is 33.3 Å². The highest BCUT2D eigenvalue weighted by Gasteiger charge is 2.42. The van der Waals surface area contributed by atoms with Crippen LogP contribution in [0.25, 0.3) is 0 Å². The quantitative estimate of drug-likeness (QED) is 0.858. The lowest BCUT2D eigenvalue weighted by Gasteiger charge is -2.30. The van der Waals surface area contributed by atoms with Gasteiger partial charge in [-0.2, -0.15) is 0 Å². The molecule has 1 aliphatic heterocycles. The van der Waals surface area contributed by atoms with Crippen LogP contribution in [0.2, 0.25) is 0 Å². The molecule has 1 aromatic rings. The molecule has 4 heteroatoms. The molecule has 1 heterocycles. The van der Waals surface area contributed by atoms with Gasteiger partial charge in [0.05, 0.1) is 6.04 Å². The van der Waals surface area contributed by atoms with Crippen molar-refractivity contribution >= 4 is 12.0 Å². The maximum absolute atomic E-state index is 12.6. The van der Waals surface area contributed by atoms with Crippen LogP contribution in [-0.4, -0.2) is 29.5 Å². The van der Waals surface area contributed by atoms with Crippen LogP contribution in [-0.2, 0) is 16.0 Å². The van der Waals surface area contributed by atoms with Crippen LogP contribution < -0.4 is 0 Å². The van der Waals surface area contributed by atoms with Crippen molar-refractivity contribution in [3.8, 4) is 0 Å². The number of nitrogens with zero attached hydrogens (tertiary/aromatic N) is 1. The highest BCUT2D eigenvalue weighted by Crippen LogP contribution is 2.29. The van der Waals surface area contributed by atoms with Gasteiger partial charge in [0.2, 0.25) is 5.91 Å². The fourth-order valence-electron chi connectivity index (χ4n) is 2.35. The van der Waals surface area contributed by atoms with Crippen LogP contribution in [0.5, 0.6) is 0 Å². The molecule has 2 rings (SSSR count). The molecule has 0 spiro atoms. The van der Waals surface area contributed by atoms with Gasteiger partial charge in [-0.15, -0.1) is 0 Å². The molecule has 1 aliphatic rings. The Labute approximate surface area is 126 Å². The maximum atomic E-state index is 12.6. The minimum absolute atomic E-state index is 0.147. The smallest absolute Gasteiger partial charge is 0.416 e. The first-order chi connectivity index (χ1) is 9.80. The molecule has 21 heavy (non-hydrogen) atoms. The predicted octanol–water partition coefficient (Wildman–Crippen LogP) is 3.26. The van der Waals surface area contributed by atoms with E-state index in [-0.39, 0.29) is 29.9 Å². The van der Waals surface area contributed by atoms with E-state index in [4.69, 9.17) is 4.74 Å². The van der Waals surface area contributed by atoms with Crippen LogP contribution in [0.4, 0.5) is 4.79 Å². The molecule has 1 aromatic carbocycles. The van der Waals surface area contributed by atoms with Crippen molar-refractivity contribution in [2.75, 3.05) is 6.61 Å². The standard InChI is InChI=1S/C17H23NO3/c1-12(17(2,3)4)15(19)18-14(11-21-16(18)20)10-13-8-6-5-7-9-13/h5-9,12,14H,10-11H2,1-4H3/t12-,14+/m0/s1. The third-order valence-electron chi connectivity index (χ3n) is 4.18. The summed E-state index contributed by atoms with van der Waals surface area (Å²) in [7, 11) is 0. The molecule has 0 N–H and O–H groups in total. The van der Waals surface area contributed by atoms with Gasteiger partial charge >= 0.3 is 6.09 Å². The molecule has 0 saturated carbocycles. The second kappa shape index (κ2) is 5.88. The Kier molecular flexibility index (Phi) is 4.35. The average molecular weight is 289 g/mol. The Hall–Kier alpha value is -1.84. The van der Waals surface area contributed by atoms with E-state index in [1.165, 1.54) is 4.90 Å². The second-order valence-electron chi connectivity index (χ2n) is 6.72. The number of amides is 2. The van der Waals surface area contributed by atoms with Crippen molar-refractivity contribution in [3.63, 3.8) is 0 Å². The molecule has 2 amide bonds. The van der Waals surface area contributed by atoms with E-state index in [1.54, 1.807) is 0 Å². The predicted molar refractivity (Wildman–Crippen MR) is 80.7 cm³/mol. The molecular weight excluding hydrogens is 266 g/mol. The van der Waals surface area contributed by atoms with E-state index in [0.29, 0.717) is 6.42 Å². The number of hydrogen-bond acceptors (Lipinski definition) is 3. The van der Waals surface area contributed by atoms with Crippen molar-refractivity contribution in [1.29, 1.82) is 0 Å². The van der Waals surface area contributed by atoms with Gasteiger partial charge in [0.1, 0.15) is 6.61 Å². The molecule has 114 valence electrons. The topological polar surface area (TPSA) is 46.6 Å². The van der Waals surface area contributed by atoms with Gasteiger partial charge in [-0.05, 0) is 17.4 Å². The molecule has 0 bridgehead atoms. The zero-order chi connectivity index (χ0) is 15.6. The maximum Gasteiger partial charge on any atom is 0.416 e. The van der Waals surface area contributed by atoms with E-state index in [1.807, 2.05) is 58.0 Å². The van der Waals surface area contributed by atoms with Crippen LogP contribution in [0, 0.1) is 11.3 Å². The third-order valence-corrected chi connectivity index (χ3v) is 4.18. The third kappa shape index (κ3) is 3.43. The van der Waals surface area contributed by atoms with Gasteiger partial charge in [-0.25, -0.2) is 9.69 Å². The summed E-state index contributed by atoms with van der Waals surface area (Å²) in [5.74, 6) is -0.382. The Morgan fingerprint density at radius 2 is 1.95 bits per heavy atom.